The standard InChI is InChI=1S/C26H28N2O3/c29-26(30)23-14-7-9-17-28(23)24(18-21-12-6-8-16-27-21)22-13-4-5-15-25(22)31-19-20-10-2-1-3-11-20/h1-6,8,10-13,15-16,23-24H,7,9,14,17-19H2,(H,29,30). The maximum atomic E-state index is 12.1. The fraction of sp³-hybridized carbons (Fsp3) is 0.308. The molecule has 1 fully saturated rings. The first-order valence-corrected chi connectivity index (χ1v) is 10.9. The monoisotopic (exact) mass is 416 g/mol. The molecule has 0 aliphatic carbocycles. The average molecular weight is 417 g/mol. The minimum absolute atomic E-state index is 0.122. The largest absolute Gasteiger partial charge is 0.489 e. The van der Waals surface area contributed by atoms with Crippen LogP contribution in [0.3, 0.4) is 0 Å². The third kappa shape index (κ3) is 5.30. The van der Waals surface area contributed by atoms with Gasteiger partial charge in [-0.3, -0.25) is 14.7 Å². The Labute approximate surface area is 183 Å². The molecule has 160 valence electrons. The molecule has 2 aromatic carbocycles. The Balaban J connectivity index is 1.67. The number of rotatable bonds is 8. The molecule has 5 nitrogen and oxygen atoms in total. The highest BCUT2D eigenvalue weighted by Crippen LogP contribution is 2.36. The zero-order valence-electron chi connectivity index (χ0n) is 17.6. The lowest BCUT2D eigenvalue weighted by Crippen LogP contribution is -2.47. The third-order valence-electron chi connectivity index (χ3n) is 5.87. The molecule has 0 radical (unpaired) electrons. The summed E-state index contributed by atoms with van der Waals surface area (Å²) in [5.41, 5.74) is 3.05. The number of likely N-dealkylation sites (tertiary alicyclic amines) is 1. The van der Waals surface area contributed by atoms with Crippen molar-refractivity contribution in [2.45, 2.75) is 44.4 Å². The Morgan fingerprint density at radius 2 is 1.81 bits per heavy atom. The summed E-state index contributed by atoms with van der Waals surface area (Å²) in [7, 11) is 0. The molecule has 1 aliphatic rings. The fourth-order valence-electron chi connectivity index (χ4n) is 4.34. The van der Waals surface area contributed by atoms with Crippen molar-refractivity contribution in [1.29, 1.82) is 0 Å². The van der Waals surface area contributed by atoms with Crippen LogP contribution in [0.15, 0.2) is 79.0 Å². The number of ether oxygens (including phenoxy) is 1. The van der Waals surface area contributed by atoms with E-state index in [0.29, 0.717) is 19.4 Å². The Morgan fingerprint density at radius 3 is 2.58 bits per heavy atom. The predicted octanol–water partition coefficient (Wildman–Crippen LogP) is 4.88. The lowest BCUT2D eigenvalue weighted by molar-refractivity contribution is -0.146. The molecule has 0 spiro atoms. The second-order valence-electron chi connectivity index (χ2n) is 7.94. The Hall–Kier alpha value is -3.18. The summed E-state index contributed by atoms with van der Waals surface area (Å²) in [5, 5.41) is 9.90. The second-order valence-corrected chi connectivity index (χ2v) is 7.94. The Kier molecular flexibility index (Phi) is 6.95. The lowest BCUT2D eigenvalue weighted by Gasteiger charge is -2.39. The van der Waals surface area contributed by atoms with Crippen molar-refractivity contribution in [1.82, 2.24) is 9.88 Å². The molecular weight excluding hydrogens is 388 g/mol. The van der Waals surface area contributed by atoms with Gasteiger partial charge in [0.05, 0.1) is 0 Å². The molecule has 1 aliphatic heterocycles. The molecule has 0 bridgehead atoms. The van der Waals surface area contributed by atoms with Gasteiger partial charge in [-0.05, 0) is 43.1 Å². The molecular formula is C26H28N2O3. The van der Waals surface area contributed by atoms with Crippen LogP contribution < -0.4 is 4.74 Å². The van der Waals surface area contributed by atoms with E-state index in [-0.39, 0.29) is 6.04 Å². The molecule has 5 heteroatoms. The molecule has 4 rings (SSSR count). The molecule has 0 amide bonds. The predicted molar refractivity (Wildman–Crippen MR) is 120 cm³/mol. The summed E-state index contributed by atoms with van der Waals surface area (Å²) >= 11 is 0. The highest BCUT2D eigenvalue weighted by Gasteiger charge is 2.35. The van der Waals surface area contributed by atoms with Crippen LogP contribution in [-0.2, 0) is 17.8 Å². The molecule has 1 saturated heterocycles. The number of para-hydroxylation sites is 1. The van der Waals surface area contributed by atoms with Crippen LogP contribution in [0.5, 0.6) is 5.75 Å². The van der Waals surface area contributed by atoms with Gasteiger partial charge in [-0.1, -0.05) is 61.0 Å². The summed E-state index contributed by atoms with van der Waals surface area (Å²) in [4.78, 5) is 18.7. The van der Waals surface area contributed by atoms with Crippen LogP contribution >= 0.6 is 0 Å². The van der Waals surface area contributed by atoms with Crippen molar-refractivity contribution in [2.75, 3.05) is 6.54 Å². The number of nitrogens with zero attached hydrogens (tertiary/aromatic N) is 2. The van der Waals surface area contributed by atoms with Crippen molar-refractivity contribution < 1.29 is 14.6 Å². The maximum absolute atomic E-state index is 12.1. The van der Waals surface area contributed by atoms with Crippen molar-refractivity contribution >= 4 is 5.97 Å². The Bertz CT molecular complexity index is 978. The molecule has 2 atom stereocenters. The summed E-state index contributed by atoms with van der Waals surface area (Å²) in [5.74, 6) is 0.0374. The highest BCUT2D eigenvalue weighted by molar-refractivity contribution is 5.73. The quantitative estimate of drug-likeness (QED) is 0.567. The molecule has 1 aromatic heterocycles. The fourth-order valence-corrected chi connectivity index (χ4v) is 4.34. The minimum Gasteiger partial charge on any atom is -0.489 e. The SMILES string of the molecule is O=C(O)C1CCCCN1C(Cc1ccccn1)c1ccccc1OCc1ccccc1. The second kappa shape index (κ2) is 10.2. The van der Waals surface area contributed by atoms with Crippen molar-refractivity contribution in [3.63, 3.8) is 0 Å². The van der Waals surface area contributed by atoms with Gasteiger partial charge in [0.1, 0.15) is 18.4 Å². The topological polar surface area (TPSA) is 62.7 Å². The number of carboxylic acids is 1. The molecule has 3 aromatic rings. The van der Waals surface area contributed by atoms with Gasteiger partial charge >= 0.3 is 5.97 Å². The van der Waals surface area contributed by atoms with E-state index in [2.05, 4.69) is 16.0 Å². The van der Waals surface area contributed by atoms with Crippen LogP contribution in [0.1, 0.15) is 42.1 Å². The number of hydrogen-bond donors (Lipinski definition) is 1. The van der Waals surface area contributed by atoms with E-state index in [9.17, 15) is 9.90 Å². The number of aromatic nitrogens is 1. The number of aliphatic carboxylic acids is 1. The van der Waals surface area contributed by atoms with Gasteiger partial charge in [-0.15, -0.1) is 0 Å². The Morgan fingerprint density at radius 1 is 1.03 bits per heavy atom. The lowest BCUT2D eigenvalue weighted by atomic mass is 9.93. The first kappa shape index (κ1) is 21.1. The number of carboxylic acid groups (broad SMARTS) is 1. The first-order valence-electron chi connectivity index (χ1n) is 10.9. The summed E-state index contributed by atoms with van der Waals surface area (Å²) in [6.45, 7) is 1.22. The van der Waals surface area contributed by atoms with E-state index in [1.54, 1.807) is 6.20 Å². The van der Waals surface area contributed by atoms with Gasteiger partial charge in [-0.2, -0.15) is 0 Å². The number of carbonyl (C=O) groups is 1. The molecule has 0 saturated carbocycles. The van der Waals surface area contributed by atoms with Gasteiger partial charge in [0.25, 0.3) is 0 Å². The number of piperidine rings is 1. The van der Waals surface area contributed by atoms with Crippen LogP contribution in [0.4, 0.5) is 0 Å². The normalized spacial score (nSPS) is 17.7. The first-order chi connectivity index (χ1) is 15.2. The highest BCUT2D eigenvalue weighted by atomic mass is 16.5. The van der Waals surface area contributed by atoms with E-state index < -0.39 is 12.0 Å². The van der Waals surface area contributed by atoms with Gasteiger partial charge < -0.3 is 9.84 Å². The minimum atomic E-state index is -0.756. The zero-order chi connectivity index (χ0) is 21.5. The van der Waals surface area contributed by atoms with E-state index >= 15 is 0 Å². The van der Waals surface area contributed by atoms with Crippen molar-refractivity contribution in [3.8, 4) is 5.75 Å². The van der Waals surface area contributed by atoms with Gasteiger partial charge in [0.15, 0.2) is 0 Å². The van der Waals surface area contributed by atoms with Crippen LogP contribution in [0.25, 0.3) is 0 Å². The van der Waals surface area contributed by atoms with E-state index in [0.717, 1.165) is 42.0 Å². The average Bonchev–Trinajstić information content (AvgIpc) is 2.83. The number of pyridine rings is 1. The maximum Gasteiger partial charge on any atom is 0.320 e. The van der Waals surface area contributed by atoms with Crippen LogP contribution in [0.2, 0.25) is 0 Å². The smallest absolute Gasteiger partial charge is 0.320 e. The van der Waals surface area contributed by atoms with E-state index in [1.165, 1.54) is 0 Å². The van der Waals surface area contributed by atoms with E-state index in [4.69, 9.17) is 4.74 Å². The van der Waals surface area contributed by atoms with Crippen molar-refractivity contribution in [3.05, 3.63) is 95.8 Å². The van der Waals surface area contributed by atoms with Crippen LogP contribution in [-0.4, -0.2) is 33.5 Å². The van der Waals surface area contributed by atoms with Gasteiger partial charge in [-0.25, -0.2) is 0 Å². The molecule has 2 unspecified atom stereocenters. The molecule has 2 heterocycles. The third-order valence-corrected chi connectivity index (χ3v) is 5.87. The molecule has 31 heavy (non-hydrogen) atoms. The van der Waals surface area contributed by atoms with E-state index in [1.807, 2.05) is 66.7 Å². The summed E-state index contributed by atoms with van der Waals surface area (Å²) < 4.78 is 6.23. The number of benzene rings is 2. The van der Waals surface area contributed by atoms with Crippen LogP contribution in [0, 0.1) is 0 Å². The van der Waals surface area contributed by atoms with Gasteiger partial charge in [0.2, 0.25) is 0 Å². The van der Waals surface area contributed by atoms with Crippen molar-refractivity contribution in [2.24, 2.45) is 0 Å². The number of hydrogen-bond acceptors (Lipinski definition) is 4. The molecule has 1 N–H and O–H groups in total. The summed E-state index contributed by atoms with van der Waals surface area (Å²) in [6.07, 6.45) is 5.03. The zero-order valence-corrected chi connectivity index (χ0v) is 17.6. The summed E-state index contributed by atoms with van der Waals surface area (Å²) in [6, 6.07) is 23.3. The van der Waals surface area contributed by atoms with Gasteiger partial charge in [0, 0.05) is 29.9 Å².